The molecule has 18 heavy (non-hydrogen) atoms. The number of pyridine rings is 1. The molecule has 0 saturated heterocycles. The fourth-order valence-electron chi connectivity index (χ4n) is 2.74. The van der Waals surface area contributed by atoms with Crippen molar-refractivity contribution in [1.82, 2.24) is 4.98 Å². The van der Waals surface area contributed by atoms with Gasteiger partial charge in [0, 0.05) is 11.8 Å². The number of ether oxygens (including phenoxy) is 1. The molecule has 1 aliphatic carbocycles. The van der Waals surface area contributed by atoms with E-state index in [1.54, 1.807) is 12.4 Å². The minimum atomic E-state index is -0.404. The van der Waals surface area contributed by atoms with Crippen LogP contribution in [0.4, 0.5) is 0 Å². The maximum absolute atomic E-state index is 10.4. The molecule has 0 amide bonds. The van der Waals surface area contributed by atoms with Crippen molar-refractivity contribution < 1.29 is 9.84 Å². The number of aromatic nitrogens is 1. The van der Waals surface area contributed by atoms with Crippen LogP contribution in [-0.4, -0.2) is 16.2 Å². The summed E-state index contributed by atoms with van der Waals surface area (Å²) in [5.74, 6) is 1.84. The topological polar surface area (TPSA) is 42.4 Å². The second-order valence-corrected chi connectivity index (χ2v) is 5.74. The first kappa shape index (κ1) is 13.3. The normalized spacial score (nSPS) is 25.4. The predicted octanol–water partition coefficient (Wildman–Crippen LogP) is 3.34. The van der Waals surface area contributed by atoms with Gasteiger partial charge in [-0.1, -0.05) is 13.3 Å². The van der Waals surface area contributed by atoms with Gasteiger partial charge in [0.1, 0.15) is 5.75 Å². The van der Waals surface area contributed by atoms with Crippen molar-refractivity contribution >= 4 is 0 Å². The number of aliphatic hydroxyl groups is 1. The molecule has 1 saturated carbocycles. The van der Waals surface area contributed by atoms with Crippen LogP contribution in [0.1, 0.15) is 51.7 Å². The van der Waals surface area contributed by atoms with Gasteiger partial charge in [-0.15, -0.1) is 0 Å². The molecule has 100 valence electrons. The van der Waals surface area contributed by atoms with E-state index < -0.39 is 6.10 Å². The zero-order chi connectivity index (χ0) is 13.1. The summed E-state index contributed by atoms with van der Waals surface area (Å²) in [7, 11) is 0. The number of nitrogens with zero attached hydrogens (tertiary/aromatic N) is 1. The van der Waals surface area contributed by atoms with Crippen LogP contribution < -0.4 is 4.74 Å². The first-order valence-corrected chi connectivity index (χ1v) is 6.86. The summed E-state index contributed by atoms with van der Waals surface area (Å²) in [6.45, 7) is 6.23. The molecule has 0 aliphatic heterocycles. The summed E-state index contributed by atoms with van der Waals surface area (Å²) in [5.41, 5.74) is 0.882. The van der Waals surface area contributed by atoms with Gasteiger partial charge in [-0.2, -0.15) is 0 Å². The van der Waals surface area contributed by atoms with Crippen LogP contribution in [0.25, 0.3) is 0 Å². The molecule has 0 aromatic carbocycles. The quantitative estimate of drug-likeness (QED) is 0.890. The van der Waals surface area contributed by atoms with Crippen molar-refractivity contribution in [3.63, 3.8) is 0 Å². The fourth-order valence-corrected chi connectivity index (χ4v) is 2.74. The standard InChI is InChI=1S/C15H23NO2/c1-10(2)18-14-7-13(8-16-9-14)15(17)12-5-4-11(3)6-12/h7-12,15,17H,4-6H2,1-3H3. The lowest BCUT2D eigenvalue weighted by molar-refractivity contribution is 0.108. The lowest BCUT2D eigenvalue weighted by Crippen LogP contribution is -2.11. The highest BCUT2D eigenvalue weighted by Gasteiger charge is 2.28. The van der Waals surface area contributed by atoms with Crippen LogP contribution >= 0.6 is 0 Å². The zero-order valence-electron chi connectivity index (χ0n) is 11.5. The van der Waals surface area contributed by atoms with Gasteiger partial charge in [-0.25, -0.2) is 0 Å². The monoisotopic (exact) mass is 249 g/mol. The maximum atomic E-state index is 10.4. The highest BCUT2D eigenvalue weighted by Crippen LogP contribution is 2.39. The van der Waals surface area contributed by atoms with E-state index in [0.717, 1.165) is 30.1 Å². The van der Waals surface area contributed by atoms with Gasteiger partial charge in [0.25, 0.3) is 0 Å². The lowest BCUT2D eigenvalue weighted by Gasteiger charge is -2.19. The van der Waals surface area contributed by atoms with E-state index in [1.807, 2.05) is 19.9 Å². The third-order valence-corrected chi connectivity index (χ3v) is 3.63. The van der Waals surface area contributed by atoms with Gasteiger partial charge in [0.15, 0.2) is 0 Å². The molecule has 1 heterocycles. The molecule has 1 aliphatic rings. The van der Waals surface area contributed by atoms with Crippen LogP contribution in [-0.2, 0) is 0 Å². The summed E-state index contributed by atoms with van der Waals surface area (Å²) < 4.78 is 5.62. The van der Waals surface area contributed by atoms with Crippen molar-refractivity contribution in [3.8, 4) is 5.75 Å². The molecule has 3 atom stereocenters. The molecular formula is C15H23NO2. The molecule has 1 aromatic heterocycles. The van der Waals surface area contributed by atoms with Crippen LogP contribution in [0, 0.1) is 11.8 Å². The third kappa shape index (κ3) is 3.22. The average molecular weight is 249 g/mol. The number of hydrogen-bond acceptors (Lipinski definition) is 3. The number of rotatable bonds is 4. The van der Waals surface area contributed by atoms with Crippen LogP contribution in [0.2, 0.25) is 0 Å². The van der Waals surface area contributed by atoms with Crippen molar-refractivity contribution in [2.24, 2.45) is 11.8 Å². The van der Waals surface area contributed by atoms with E-state index in [4.69, 9.17) is 4.74 Å². The highest BCUT2D eigenvalue weighted by atomic mass is 16.5. The first-order chi connectivity index (χ1) is 8.56. The van der Waals surface area contributed by atoms with Gasteiger partial charge in [0.05, 0.1) is 18.4 Å². The van der Waals surface area contributed by atoms with Crippen molar-refractivity contribution in [2.75, 3.05) is 0 Å². The molecule has 0 radical (unpaired) electrons. The molecule has 3 heteroatoms. The summed E-state index contributed by atoms with van der Waals surface area (Å²) in [6.07, 6.45) is 6.61. The first-order valence-electron chi connectivity index (χ1n) is 6.86. The minimum Gasteiger partial charge on any atom is -0.489 e. The number of aliphatic hydroxyl groups excluding tert-OH is 1. The smallest absolute Gasteiger partial charge is 0.138 e. The SMILES string of the molecule is CC1CCC(C(O)c2cncc(OC(C)C)c2)C1. The second-order valence-electron chi connectivity index (χ2n) is 5.74. The Bertz CT molecular complexity index is 392. The Kier molecular flexibility index (Phi) is 4.23. The maximum Gasteiger partial charge on any atom is 0.138 e. The highest BCUT2D eigenvalue weighted by molar-refractivity contribution is 5.25. The van der Waals surface area contributed by atoms with Gasteiger partial charge >= 0.3 is 0 Å². The van der Waals surface area contributed by atoms with Crippen LogP contribution in [0.3, 0.4) is 0 Å². The minimum absolute atomic E-state index is 0.130. The predicted molar refractivity (Wildman–Crippen MR) is 71.5 cm³/mol. The van der Waals surface area contributed by atoms with Crippen LogP contribution in [0.5, 0.6) is 5.75 Å². The third-order valence-electron chi connectivity index (χ3n) is 3.63. The van der Waals surface area contributed by atoms with Gasteiger partial charge in [-0.3, -0.25) is 4.98 Å². The largest absolute Gasteiger partial charge is 0.489 e. The molecule has 3 unspecified atom stereocenters. The molecule has 1 aromatic rings. The Balaban J connectivity index is 2.07. The molecular weight excluding hydrogens is 226 g/mol. The van der Waals surface area contributed by atoms with Gasteiger partial charge < -0.3 is 9.84 Å². The molecule has 0 spiro atoms. The van der Waals surface area contributed by atoms with E-state index in [-0.39, 0.29) is 6.10 Å². The van der Waals surface area contributed by atoms with E-state index >= 15 is 0 Å². The Morgan fingerprint density at radius 2 is 2.11 bits per heavy atom. The summed E-state index contributed by atoms with van der Waals surface area (Å²) in [6, 6.07) is 1.92. The van der Waals surface area contributed by atoms with Gasteiger partial charge in [-0.05, 0) is 44.6 Å². The van der Waals surface area contributed by atoms with Crippen molar-refractivity contribution in [2.45, 2.75) is 52.2 Å². The van der Waals surface area contributed by atoms with Gasteiger partial charge in [0.2, 0.25) is 0 Å². The lowest BCUT2D eigenvalue weighted by atomic mass is 9.94. The average Bonchev–Trinajstić information content (AvgIpc) is 2.74. The van der Waals surface area contributed by atoms with E-state index in [1.165, 1.54) is 6.42 Å². The molecule has 2 rings (SSSR count). The fraction of sp³-hybridized carbons (Fsp3) is 0.667. The Morgan fingerprint density at radius 1 is 1.33 bits per heavy atom. The van der Waals surface area contributed by atoms with Crippen LogP contribution in [0.15, 0.2) is 18.5 Å². The molecule has 0 bridgehead atoms. The number of hydrogen-bond donors (Lipinski definition) is 1. The molecule has 1 fully saturated rings. The second kappa shape index (κ2) is 5.70. The van der Waals surface area contributed by atoms with E-state index in [0.29, 0.717) is 5.92 Å². The zero-order valence-corrected chi connectivity index (χ0v) is 11.5. The van der Waals surface area contributed by atoms with Crippen molar-refractivity contribution in [1.29, 1.82) is 0 Å². The summed E-state index contributed by atoms with van der Waals surface area (Å²) >= 11 is 0. The Morgan fingerprint density at radius 3 is 2.72 bits per heavy atom. The Hall–Kier alpha value is -1.09. The molecule has 3 nitrogen and oxygen atoms in total. The summed E-state index contributed by atoms with van der Waals surface area (Å²) in [5, 5.41) is 10.4. The Labute approximate surface area is 109 Å². The summed E-state index contributed by atoms with van der Waals surface area (Å²) in [4.78, 5) is 4.16. The molecule has 1 N–H and O–H groups in total. The van der Waals surface area contributed by atoms with E-state index in [2.05, 4.69) is 11.9 Å². The van der Waals surface area contributed by atoms with Crippen molar-refractivity contribution in [3.05, 3.63) is 24.0 Å². The van der Waals surface area contributed by atoms with E-state index in [9.17, 15) is 5.11 Å².